The fourth-order valence-electron chi connectivity index (χ4n) is 3.46. The molecule has 3 rings (SSSR count). The van der Waals surface area contributed by atoms with Crippen molar-refractivity contribution in [2.75, 3.05) is 0 Å². The van der Waals surface area contributed by atoms with Crippen molar-refractivity contribution in [3.63, 3.8) is 0 Å². The Balaban J connectivity index is 1.98. The van der Waals surface area contributed by atoms with Gasteiger partial charge in [-0.3, -0.25) is 0 Å². The van der Waals surface area contributed by atoms with Crippen molar-refractivity contribution in [1.82, 2.24) is 4.31 Å². The van der Waals surface area contributed by atoms with Crippen LogP contribution in [-0.2, 0) is 10.0 Å². The zero-order valence-corrected chi connectivity index (χ0v) is 14.2. The minimum Gasteiger partial charge on any atom is -0.207 e. The number of alkyl halides is 1. The first-order valence-electron chi connectivity index (χ1n) is 7.14. The van der Waals surface area contributed by atoms with Gasteiger partial charge in [-0.05, 0) is 62.8 Å². The molecule has 0 radical (unpaired) electrons. The Kier molecular flexibility index (Phi) is 3.72. The van der Waals surface area contributed by atoms with Crippen LogP contribution in [0.1, 0.15) is 36.8 Å². The van der Waals surface area contributed by atoms with E-state index < -0.39 is 10.0 Å². The number of halogens is 1. The van der Waals surface area contributed by atoms with Gasteiger partial charge in [0.2, 0.25) is 10.0 Å². The Morgan fingerprint density at radius 1 is 1.10 bits per heavy atom. The van der Waals surface area contributed by atoms with Crippen LogP contribution in [0.15, 0.2) is 23.1 Å². The number of rotatable bonds is 2. The Morgan fingerprint density at radius 2 is 1.70 bits per heavy atom. The second-order valence-electron chi connectivity index (χ2n) is 6.03. The van der Waals surface area contributed by atoms with Gasteiger partial charge in [-0.15, -0.1) is 0 Å². The number of aryl methyl sites for hydroxylation is 2. The molecule has 1 aromatic carbocycles. The molecule has 2 saturated heterocycles. The maximum Gasteiger partial charge on any atom is 0.243 e. The lowest BCUT2D eigenvalue weighted by atomic mass is 10.1. The molecule has 2 aliphatic rings. The van der Waals surface area contributed by atoms with Crippen LogP contribution < -0.4 is 0 Å². The zero-order valence-electron chi connectivity index (χ0n) is 11.8. The van der Waals surface area contributed by atoms with Gasteiger partial charge in [0.1, 0.15) is 0 Å². The van der Waals surface area contributed by atoms with Crippen molar-refractivity contribution in [2.24, 2.45) is 0 Å². The van der Waals surface area contributed by atoms with Crippen LogP contribution in [0.5, 0.6) is 0 Å². The van der Waals surface area contributed by atoms with Gasteiger partial charge in [-0.2, -0.15) is 4.31 Å². The highest BCUT2D eigenvalue weighted by Gasteiger charge is 2.46. The molecule has 110 valence electrons. The van der Waals surface area contributed by atoms with E-state index in [1.54, 1.807) is 10.4 Å². The lowest BCUT2D eigenvalue weighted by Gasteiger charge is -2.36. The second kappa shape index (κ2) is 5.11. The van der Waals surface area contributed by atoms with Crippen molar-refractivity contribution < 1.29 is 8.42 Å². The van der Waals surface area contributed by atoms with E-state index in [0.717, 1.165) is 36.8 Å². The highest BCUT2D eigenvalue weighted by molar-refractivity contribution is 9.09. The molecule has 2 aliphatic heterocycles. The van der Waals surface area contributed by atoms with Crippen LogP contribution in [0.25, 0.3) is 0 Å². The normalized spacial score (nSPS) is 30.6. The summed E-state index contributed by atoms with van der Waals surface area (Å²) >= 11 is 3.66. The van der Waals surface area contributed by atoms with E-state index >= 15 is 0 Å². The monoisotopic (exact) mass is 357 g/mol. The first-order valence-corrected chi connectivity index (χ1v) is 9.50. The molecule has 0 aliphatic carbocycles. The summed E-state index contributed by atoms with van der Waals surface area (Å²) in [5.41, 5.74) is 2.17. The summed E-state index contributed by atoms with van der Waals surface area (Å²) in [7, 11) is -3.35. The predicted molar refractivity (Wildman–Crippen MR) is 83.7 cm³/mol. The molecule has 2 bridgehead atoms. The standard InChI is InChI=1S/C15H20BrNO2S/c1-10-3-6-15(7-11(10)2)20(18,19)17-13-4-5-14(17)9-12(16)8-13/h3,6-7,12-14H,4-5,8-9H2,1-2H3. The van der Waals surface area contributed by atoms with E-state index in [1.165, 1.54) is 0 Å². The van der Waals surface area contributed by atoms with E-state index in [2.05, 4.69) is 15.9 Å². The Hall–Kier alpha value is -0.390. The number of hydrogen-bond donors (Lipinski definition) is 0. The van der Waals surface area contributed by atoms with Gasteiger partial charge in [0.25, 0.3) is 0 Å². The predicted octanol–water partition coefficient (Wildman–Crippen LogP) is 3.38. The summed E-state index contributed by atoms with van der Waals surface area (Å²) in [6.45, 7) is 3.97. The van der Waals surface area contributed by atoms with E-state index in [-0.39, 0.29) is 12.1 Å². The summed E-state index contributed by atoms with van der Waals surface area (Å²) in [6.07, 6.45) is 3.86. The van der Waals surface area contributed by atoms with Gasteiger partial charge in [0.15, 0.2) is 0 Å². The molecule has 0 amide bonds. The Bertz CT molecular complexity index is 615. The summed E-state index contributed by atoms with van der Waals surface area (Å²) in [5.74, 6) is 0. The number of hydrogen-bond acceptors (Lipinski definition) is 2. The van der Waals surface area contributed by atoms with Crippen LogP contribution in [0.3, 0.4) is 0 Å². The molecule has 5 heteroatoms. The molecule has 0 N–H and O–H groups in total. The van der Waals surface area contributed by atoms with Gasteiger partial charge in [0.05, 0.1) is 4.90 Å². The van der Waals surface area contributed by atoms with Gasteiger partial charge >= 0.3 is 0 Å². The van der Waals surface area contributed by atoms with E-state index in [4.69, 9.17) is 0 Å². The summed E-state index contributed by atoms with van der Waals surface area (Å²) in [4.78, 5) is 0.914. The quantitative estimate of drug-likeness (QED) is 0.760. The molecule has 2 unspecified atom stereocenters. The first-order chi connectivity index (χ1) is 9.39. The molecule has 1 aromatic rings. The third-order valence-electron chi connectivity index (χ3n) is 4.66. The molecule has 0 aromatic heterocycles. The number of sulfonamides is 1. The third-order valence-corrected chi connectivity index (χ3v) is 7.41. The van der Waals surface area contributed by atoms with Crippen molar-refractivity contribution in [2.45, 2.75) is 61.3 Å². The SMILES string of the molecule is Cc1ccc(S(=O)(=O)N2C3CCC2CC(Br)C3)cc1C. The highest BCUT2D eigenvalue weighted by Crippen LogP contribution is 2.41. The zero-order chi connectivity index (χ0) is 14.5. The van der Waals surface area contributed by atoms with Crippen molar-refractivity contribution in [3.05, 3.63) is 29.3 Å². The van der Waals surface area contributed by atoms with Crippen molar-refractivity contribution in [1.29, 1.82) is 0 Å². The van der Waals surface area contributed by atoms with Crippen LogP contribution in [0, 0.1) is 13.8 Å². The molecule has 3 nitrogen and oxygen atoms in total. The van der Waals surface area contributed by atoms with Gasteiger partial charge < -0.3 is 0 Å². The second-order valence-corrected chi connectivity index (χ2v) is 9.17. The van der Waals surface area contributed by atoms with E-state index in [9.17, 15) is 8.42 Å². The molecule has 0 spiro atoms. The highest BCUT2D eigenvalue weighted by atomic mass is 79.9. The minimum absolute atomic E-state index is 0.171. The van der Waals surface area contributed by atoms with Crippen molar-refractivity contribution >= 4 is 26.0 Å². The van der Waals surface area contributed by atoms with Crippen LogP contribution in [0.2, 0.25) is 0 Å². The first kappa shape index (κ1) is 14.5. The average molecular weight is 358 g/mol. The molecule has 2 fully saturated rings. The topological polar surface area (TPSA) is 37.4 Å². The summed E-state index contributed by atoms with van der Waals surface area (Å²) in [6, 6.07) is 5.80. The molecular weight excluding hydrogens is 338 g/mol. The molecule has 20 heavy (non-hydrogen) atoms. The number of benzene rings is 1. The molecule has 2 heterocycles. The van der Waals surface area contributed by atoms with Crippen LogP contribution >= 0.6 is 15.9 Å². The summed E-state index contributed by atoms with van der Waals surface area (Å²) in [5, 5.41) is 0. The molecular formula is C15H20BrNO2S. The van der Waals surface area contributed by atoms with Gasteiger partial charge in [0, 0.05) is 16.9 Å². The lowest BCUT2D eigenvalue weighted by molar-refractivity contribution is 0.255. The van der Waals surface area contributed by atoms with Gasteiger partial charge in [-0.1, -0.05) is 22.0 Å². The maximum absolute atomic E-state index is 12.9. The maximum atomic E-state index is 12.9. The van der Waals surface area contributed by atoms with Crippen molar-refractivity contribution in [3.8, 4) is 0 Å². The number of nitrogens with zero attached hydrogens (tertiary/aromatic N) is 1. The number of piperidine rings is 1. The summed E-state index contributed by atoms with van der Waals surface area (Å²) < 4.78 is 27.6. The molecule has 2 atom stereocenters. The third kappa shape index (κ3) is 2.34. The lowest BCUT2D eigenvalue weighted by Crippen LogP contribution is -2.46. The smallest absolute Gasteiger partial charge is 0.207 e. The van der Waals surface area contributed by atoms with Crippen LogP contribution in [-0.4, -0.2) is 29.6 Å². The fourth-order valence-corrected chi connectivity index (χ4v) is 6.30. The van der Waals surface area contributed by atoms with Gasteiger partial charge in [-0.25, -0.2) is 8.42 Å². The largest absolute Gasteiger partial charge is 0.243 e. The Labute approximate surface area is 129 Å². The molecule has 0 saturated carbocycles. The average Bonchev–Trinajstić information content (AvgIpc) is 2.66. The number of fused-ring (bicyclic) bond motifs is 2. The Morgan fingerprint density at radius 3 is 2.25 bits per heavy atom. The fraction of sp³-hybridized carbons (Fsp3) is 0.600. The van der Waals surface area contributed by atoms with E-state index in [1.807, 2.05) is 26.0 Å². The van der Waals surface area contributed by atoms with Crippen LogP contribution in [0.4, 0.5) is 0 Å². The minimum atomic E-state index is -3.35. The van der Waals surface area contributed by atoms with E-state index in [0.29, 0.717) is 9.72 Å².